The molecule has 3 N–H and O–H groups in total. The maximum absolute atomic E-state index is 13.3. The largest absolute Gasteiger partial charge is 0.493 e. The Bertz CT molecular complexity index is 1350. The number of anilines is 2. The highest BCUT2D eigenvalue weighted by Gasteiger charge is 2.30. The number of nitro groups is 1. The second kappa shape index (κ2) is 9.90. The quantitative estimate of drug-likeness (QED) is 0.372. The van der Waals surface area contributed by atoms with Crippen molar-refractivity contribution < 1.29 is 19.2 Å². The van der Waals surface area contributed by atoms with Crippen molar-refractivity contribution in [2.75, 3.05) is 31.4 Å². The second-order valence-corrected chi connectivity index (χ2v) is 7.14. The predicted molar refractivity (Wildman–Crippen MR) is 125 cm³/mol. The number of methoxy groups -OCH3 is 1. The summed E-state index contributed by atoms with van der Waals surface area (Å²) in [6, 6.07) is 11.1. The van der Waals surface area contributed by atoms with Crippen LogP contribution in [-0.4, -0.2) is 41.1 Å². The Labute approximate surface area is 193 Å². The van der Waals surface area contributed by atoms with Gasteiger partial charge in [0.15, 0.2) is 17.2 Å². The first kappa shape index (κ1) is 24.0. The van der Waals surface area contributed by atoms with Crippen LogP contribution in [0.1, 0.15) is 22.8 Å². The van der Waals surface area contributed by atoms with E-state index in [9.17, 15) is 24.5 Å². The minimum absolute atomic E-state index is 0.0362. The Morgan fingerprint density at radius 2 is 1.88 bits per heavy atom. The summed E-state index contributed by atoms with van der Waals surface area (Å²) in [7, 11) is 2.54. The predicted octanol–water partition coefficient (Wildman–Crippen LogP) is 1.76. The van der Waals surface area contributed by atoms with Crippen molar-refractivity contribution in [2.45, 2.75) is 13.5 Å². The molecule has 3 rings (SSSR count). The number of nitrogen functional groups attached to an aromatic ring is 1. The molecule has 0 fully saturated rings. The van der Waals surface area contributed by atoms with E-state index in [2.05, 4.69) is 4.98 Å². The molecule has 0 atom stereocenters. The van der Waals surface area contributed by atoms with Crippen molar-refractivity contribution in [1.29, 1.82) is 0 Å². The van der Waals surface area contributed by atoms with Crippen molar-refractivity contribution in [1.82, 2.24) is 9.55 Å². The smallest absolute Gasteiger partial charge is 0.330 e. The zero-order valence-electron chi connectivity index (χ0n) is 18.7. The number of rotatable bonds is 8. The molecule has 1 aromatic heterocycles. The van der Waals surface area contributed by atoms with E-state index in [0.717, 1.165) is 21.1 Å². The van der Waals surface area contributed by atoms with E-state index in [-0.39, 0.29) is 41.7 Å². The minimum atomic E-state index is -0.913. The number of aromatic nitrogens is 2. The van der Waals surface area contributed by atoms with Crippen molar-refractivity contribution >= 4 is 23.1 Å². The van der Waals surface area contributed by atoms with E-state index in [4.69, 9.17) is 15.2 Å². The van der Waals surface area contributed by atoms with E-state index >= 15 is 0 Å². The van der Waals surface area contributed by atoms with Gasteiger partial charge in [0.05, 0.1) is 31.3 Å². The Morgan fingerprint density at radius 1 is 1.21 bits per heavy atom. The van der Waals surface area contributed by atoms with E-state index in [1.54, 1.807) is 37.3 Å². The number of aromatic amines is 1. The number of hydrogen-bond acceptors (Lipinski definition) is 8. The molecule has 2 aromatic carbocycles. The standard InChI is InChI=1S/C22H23N5O7/c1-4-34-17-10-14(15(27(31)32)11-16(17)33-3)21(29)25(2)18-19(23)26(22(30)24-20(18)28)12-13-8-6-5-7-9-13/h5-11H,4,12,23H2,1-3H3,(H,24,28,30). The highest BCUT2D eigenvalue weighted by molar-refractivity contribution is 6.09. The fourth-order valence-electron chi connectivity index (χ4n) is 3.41. The Morgan fingerprint density at radius 3 is 2.47 bits per heavy atom. The SMILES string of the molecule is CCOc1cc(C(=O)N(C)c2c(N)n(Cc3ccccc3)c(=O)[nH]c2=O)c([N+](=O)[O-])cc1OC. The molecule has 0 saturated heterocycles. The molecule has 0 spiro atoms. The summed E-state index contributed by atoms with van der Waals surface area (Å²) in [5, 5.41) is 11.7. The topological polar surface area (TPSA) is 163 Å². The lowest BCUT2D eigenvalue weighted by atomic mass is 10.1. The van der Waals surface area contributed by atoms with Crippen molar-refractivity contribution in [2.24, 2.45) is 0 Å². The van der Waals surface area contributed by atoms with Crippen LogP contribution in [0, 0.1) is 10.1 Å². The molecule has 0 aliphatic rings. The average molecular weight is 469 g/mol. The number of ether oxygens (including phenoxy) is 2. The summed E-state index contributed by atoms with van der Waals surface area (Å²) in [6.45, 7) is 1.95. The lowest BCUT2D eigenvalue weighted by molar-refractivity contribution is -0.385. The van der Waals surface area contributed by atoms with Gasteiger partial charge in [-0.1, -0.05) is 30.3 Å². The van der Waals surface area contributed by atoms with Gasteiger partial charge in [-0.25, -0.2) is 4.79 Å². The maximum Gasteiger partial charge on any atom is 0.330 e. The summed E-state index contributed by atoms with van der Waals surface area (Å²) >= 11 is 0. The number of H-pyrrole nitrogens is 1. The van der Waals surface area contributed by atoms with E-state index < -0.39 is 27.8 Å². The number of nitro benzene ring substituents is 1. The molecule has 12 heteroatoms. The third kappa shape index (κ3) is 4.60. The summed E-state index contributed by atoms with van der Waals surface area (Å²) < 4.78 is 11.7. The number of nitrogens with one attached hydrogen (secondary N) is 1. The van der Waals surface area contributed by atoms with E-state index in [0.29, 0.717) is 0 Å². The van der Waals surface area contributed by atoms with Gasteiger partial charge in [0.1, 0.15) is 11.4 Å². The number of carbonyl (C=O) groups is 1. The van der Waals surface area contributed by atoms with Gasteiger partial charge in [-0.3, -0.25) is 29.3 Å². The van der Waals surface area contributed by atoms with Gasteiger partial charge < -0.3 is 20.1 Å². The number of hydrogen-bond donors (Lipinski definition) is 2. The lowest BCUT2D eigenvalue weighted by Gasteiger charge is -2.21. The van der Waals surface area contributed by atoms with Gasteiger partial charge >= 0.3 is 5.69 Å². The first-order valence-corrected chi connectivity index (χ1v) is 10.1. The fraction of sp³-hybridized carbons (Fsp3) is 0.227. The summed E-state index contributed by atoms with van der Waals surface area (Å²) in [4.78, 5) is 52.3. The van der Waals surface area contributed by atoms with Crippen LogP contribution < -0.4 is 31.4 Å². The number of carbonyl (C=O) groups excluding carboxylic acids is 1. The van der Waals surface area contributed by atoms with Crippen LogP contribution in [0.25, 0.3) is 0 Å². The Kier molecular flexibility index (Phi) is 7.00. The fourth-order valence-corrected chi connectivity index (χ4v) is 3.41. The molecule has 1 heterocycles. The van der Waals surface area contributed by atoms with Gasteiger partial charge in [-0.05, 0) is 12.5 Å². The normalized spacial score (nSPS) is 10.6. The van der Waals surface area contributed by atoms with Crippen LogP contribution in [0.2, 0.25) is 0 Å². The van der Waals surface area contributed by atoms with Crippen molar-refractivity contribution in [3.63, 3.8) is 0 Å². The van der Waals surface area contributed by atoms with Gasteiger partial charge in [0, 0.05) is 13.1 Å². The van der Waals surface area contributed by atoms with Gasteiger partial charge in [-0.2, -0.15) is 0 Å². The van der Waals surface area contributed by atoms with E-state index in [1.165, 1.54) is 20.2 Å². The summed E-state index contributed by atoms with van der Waals surface area (Å²) in [5.74, 6) is -0.989. The maximum atomic E-state index is 13.3. The minimum Gasteiger partial charge on any atom is -0.493 e. The van der Waals surface area contributed by atoms with Crippen LogP contribution in [0.3, 0.4) is 0 Å². The molecule has 12 nitrogen and oxygen atoms in total. The van der Waals surface area contributed by atoms with Crippen LogP contribution >= 0.6 is 0 Å². The Hall–Kier alpha value is -4.61. The monoisotopic (exact) mass is 469 g/mol. The second-order valence-electron chi connectivity index (χ2n) is 7.14. The molecule has 0 radical (unpaired) electrons. The van der Waals surface area contributed by atoms with Crippen LogP contribution in [0.15, 0.2) is 52.1 Å². The molecule has 0 aliphatic heterocycles. The van der Waals surface area contributed by atoms with Gasteiger partial charge in [0.2, 0.25) is 0 Å². The highest BCUT2D eigenvalue weighted by Crippen LogP contribution is 2.35. The number of benzene rings is 2. The third-order valence-electron chi connectivity index (χ3n) is 5.05. The number of nitrogens with two attached hydrogens (primary N) is 1. The molecule has 1 amide bonds. The molecule has 0 saturated carbocycles. The first-order valence-electron chi connectivity index (χ1n) is 10.1. The molecule has 0 unspecified atom stereocenters. The van der Waals surface area contributed by atoms with Crippen molar-refractivity contribution in [3.8, 4) is 11.5 Å². The van der Waals surface area contributed by atoms with Crippen LogP contribution in [-0.2, 0) is 6.54 Å². The number of amides is 1. The molecule has 3 aromatic rings. The summed E-state index contributed by atoms with van der Waals surface area (Å²) in [5.41, 5.74) is 3.97. The molecule has 34 heavy (non-hydrogen) atoms. The van der Waals surface area contributed by atoms with Gasteiger partial charge in [0.25, 0.3) is 17.2 Å². The molecular weight excluding hydrogens is 446 g/mol. The van der Waals surface area contributed by atoms with Crippen LogP contribution in [0.5, 0.6) is 11.5 Å². The highest BCUT2D eigenvalue weighted by atomic mass is 16.6. The number of nitrogens with zero attached hydrogens (tertiary/aromatic N) is 3. The molecule has 0 bridgehead atoms. The zero-order chi connectivity index (χ0) is 25.0. The van der Waals surface area contributed by atoms with Crippen molar-refractivity contribution in [3.05, 3.63) is 84.5 Å². The summed E-state index contributed by atoms with van der Waals surface area (Å²) in [6.07, 6.45) is 0. The van der Waals surface area contributed by atoms with Crippen LogP contribution in [0.4, 0.5) is 17.2 Å². The van der Waals surface area contributed by atoms with E-state index in [1.807, 2.05) is 0 Å². The Balaban J connectivity index is 2.12. The molecule has 0 aliphatic carbocycles. The third-order valence-corrected chi connectivity index (χ3v) is 5.05. The average Bonchev–Trinajstić information content (AvgIpc) is 2.81. The molecule has 178 valence electrons. The zero-order valence-corrected chi connectivity index (χ0v) is 18.7. The van der Waals surface area contributed by atoms with Gasteiger partial charge in [-0.15, -0.1) is 0 Å². The lowest BCUT2D eigenvalue weighted by Crippen LogP contribution is -2.39. The first-order chi connectivity index (χ1) is 16.2. The molecular formula is C22H23N5O7.